The van der Waals surface area contributed by atoms with Crippen molar-refractivity contribution in [1.82, 2.24) is 14.9 Å². The summed E-state index contributed by atoms with van der Waals surface area (Å²) in [4.78, 5) is 25.6. The Bertz CT molecular complexity index is 702. The first-order valence-corrected chi connectivity index (χ1v) is 9.16. The molecule has 7 heteroatoms. The summed E-state index contributed by atoms with van der Waals surface area (Å²) in [7, 11) is 2.13. The van der Waals surface area contributed by atoms with Gasteiger partial charge in [-0.3, -0.25) is 4.79 Å². The molecule has 1 saturated heterocycles. The molecule has 5 nitrogen and oxygen atoms in total. The Hall–Kier alpha value is -1.63. The highest BCUT2D eigenvalue weighted by molar-refractivity contribution is 7.99. The van der Waals surface area contributed by atoms with Crippen molar-refractivity contribution in [3.05, 3.63) is 47.1 Å². The van der Waals surface area contributed by atoms with Gasteiger partial charge in [-0.15, -0.1) is 0 Å². The molecule has 0 unspecified atom stereocenters. The lowest BCUT2D eigenvalue weighted by Crippen LogP contribution is -2.44. The number of piperazine rings is 1. The van der Waals surface area contributed by atoms with E-state index < -0.39 is 0 Å². The molecular formula is C17H19ClN4OS. The van der Waals surface area contributed by atoms with Gasteiger partial charge in [0.25, 0.3) is 0 Å². The van der Waals surface area contributed by atoms with Gasteiger partial charge in [0.2, 0.25) is 0 Å². The van der Waals surface area contributed by atoms with Gasteiger partial charge in [0.05, 0.1) is 5.75 Å². The summed E-state index contributed by atoms with van der Waals surface area (Å²) in [5, 5.41) is 1.26. The predicted octanol–water partition coefficient (Wildman–Crippen LogP) is 2.86. The van der Waals surface area contributed by atoms with Crippen molar-refractivity contribution in [2.45, 2.75) is 5.16 Å². The van der Waals surface area contributed by atoms with Crippen LogP contribution in [0.1, 0.15) is 10.4 Å². The van der Waals surface area contributed by atoms with Crippen molar-refractivity contribution >= 4 is 35.0 Å². The quantitative estimate of drug-likeness (QED) is 0.463. The van der Waals surface area contributed by atoms with Crippen LogP contribution in [0.15, 0.2) is 41.7 Å². The van der Waals surface area contributed by atoms with E-state index >= 15 is 0 Å². The standard InChI is InChI=1S/C17H19ClN4OS/c1-21-8-10-22(11-9-21)16-6-7-19-17(20-16)24-12-15(23)13-2-4-14(18)5-3-13/h2-7H,8-12H2,1H3. The van der Waals surface area contributed by atoms with Crippen LogP contribution in [0.4, 0.5) is 5.82 Å². The Labute approximate surface area is 151 Å². The number of likely N-dealkylation sites (N-methyl/N-ethyl adjacent to an activating group) is 1. The lowest BCUT2D eigenvalue weighted by atomic mass is 10.1. The average molecular weight is 363 g/mol. The fraction of sp³-hybridized carbons (Fsp3) is 0.353. The molecular weight excluding hydrogens is 344 g/mol. The van der Waals surface area contributed by atoms with Crippen LogP contribution in [0.3, 0.4) is 0 Å². The molecule has 1 aliphatic rings. The molecule has 1 aliphatic heterocycles. The van der Waals surface area contributed by atoms with Crippen LogP contribution in [0.5, 0.6) is 0 Å². The van der Waals surface area contributed by atoms with Crippen molar-refractivity contribution in [2.75, 3.05) is 43.9 Å². The van der Waals surface area contributed by atoms with E-state index in [9.17, 15) is 4.79 Å². The zero-order valence-corrected chi connectivity index (χ0v) is 15.1. The lowest BCUT2D eigenvalue weighted by Gasteiger charge is -2.33. The summed E-state index contributed by atoms with van der Waals surface area (Å²) < 4.78 is 0. The highest BCUT2D eigenvalue weighted by Crippen LogP contribution is 2.20. The minimum atomic E-state index is 0.0465. The number of hydrogen-bond acceptors (Lipinski definition) is 6. The molecule has 1 fully saturated rings. The summed E-state index contributed by atoms with van der Waals surface area (Å²) in [6, 6.07) is 8.86. The number of hydrogen-bond donors (Lipinski definition) is 0. The predicted molar refractivity (Wildman–Crippen MR) is 98.2 cm³/mol. The van der Waals surface area contributed by atoms with Gasteiger partial charge in [-0.05, 0) is 37.4 Å². The molecule has 3 rings (SSSR count). The molecule has 24 heavy (non-hydrogen) atoms. The van der Waals surface area contributed by atoms with E-state index in [1.807, 2.05) is 6.07 Å². The van der Waals surface area contributed by atoms with Gasteiger partial charge in [-0.2, -0.15) is 0 Å². The van der Waals surface area contributed by atoms with Crippen LogP contribution in [0.2, 0.25) is 5.02 Å². The summed E-state index contributed by atoms with van der Waals surface area (Å²) in [5.74, 6) is 1.29. The van der Waals surface area contributed by atoms with Crippen LogP contribution in [0, 0.1) is 0 Å². The zero-order chi connectivity index (χ0) is 16.9. The molecule has 0 radical (unpaired) electrons. The Morgan fingerprint density at radius 2 is 1.88 bits per heavy atom. The number of carbonyl (C=O) groups is 1. The summed E-state index contributed by atoms with van der Waals surface area (Å²) in [5.41, 5.74) is 0.655. The molecule has 0 spiro atoms. The summed E-state index contributed by atoms with van der Waals surface area (Å²) >= 11 is 7.21. The number of benzene rings is 1. The molecule has 0 aliphatic carbocycles. The van der Waals surface area contributed by atoms with Gasteiger partial charge in [0.1, 0.15) is 5.82 Å². The molecule has 0 atom stereocenters. The van der Waals surface area contributed by atoms with E-state index in [1.54, 1.807) is 30.5 Å². The molecule has 1 aromatic heterocycles. The Morgan fingerprint density at radius 3 is 2.58 bits per heavy atom. The monoisotopic (exact) mass is 362 g/mol. The second kappa shape index (κ2) is 7.96. The van der Waals surface area contributed by atoms with Crippen molar-refractivity contribution < 1.29 is 4.79 Å². The highest BCUT2D eigenvalue weighted by Gasteiger charge is 2.16. The number of nitrogens with zero attached hydrogens (tertiary/aromatic N) is 4. The number of halogens is 1. The maximum atomic E-state index is 12.2. The van der Waals surface area contributed by atoms with Crippen molar-refractivity contribution in [3.8, 4) is 0 Å². The SMILES string of the molecule is CN1CCN(c2ccnc(SCC(=O)c3ccc(Cl)cc3)n2)CC1. The first kappa shape index (κ1) is 17.2. The van der Waals surface area contributed by atoms with Gasteiger partial charge in [0.15, 0.2) is 10.9 Å². The minimum absolute atomic E-state index is 0.0465. The average Bonchev–Trinajstić information content (AvgIpc) is 2.61. The maximum absolute atomic E-state index is 12.2. The van der Waals surface area contributed by atoms with E-state index in [-0.39, 0.29) is 5.78 Å². The molecule has 0 saturated carbocycles. The van der Waals surface area contributed by atoms with E-state index in [0.29, 0.717) is 21.5 Å². The van der Waals surface area contributed by atoms with E-state index in [4.69, 9.17) is 11.6 Å². The van der Waals surface area contributed by atoms with Crippen LogP contribution in [-0.4, -0.2) is 59.6 Å². The molecule has 2 aromatic rings. The fourth-order valence-corrected chi connectivity index (χ4v) is 3.31. The van der Waals surface area contributed by atoms with Gasteiger partial charge in [-0.1, -0.05) is 23.4 Å². The van der Waals surface area contributed by atoms with Gasteiger partial charge >= 0.3 is 0 Å². The van der Waals surface area contributed by atoms with Crippen molar-refractivity contribution in [2.24, 2.45) is 0 Å². The van der Waals surface area contributed by atoms with E-state index in [1.165, 1.54) is 11.8 Å². The zero-order valence-electron chi connectivity index (χ0n) is 13.5. The minimum Gasteiger partial charge on any atom is -0.354 e. The highest BCUT2D eigenvalue weighted by atomic mass is 35.5. The Morgan fingerprint density at radius 1 is 1.17 bits per heavy atom. The number of anilines is 1. The summed E-state index contributed by atoms with van der Waals surface area (Å²) in [6.07, 6.45) is 1.76. The number of thioether (sulfide) groups is 1. The maximum Gasteiger partial charge on any atom is 0.189 e. The van der Waals surface area contributed by atoms with Crippen LogP contribution >= 0.6 is 23.4 Å². The number of rotatable bonds is 5. The molecule has 0 amide bonds. The molecule has 1 aromatic carbocycles. The van der Waals surface area contributed by atoms with Gasteiger partial charge in [-0.25, -0.2) is 9.97 Å². The van der Waals surface area contributed by atoms with Crippen LogP contribution in [0.25, 0.3) is 0 Å². The van der Waals surface area contributed by atoms with Gasteiger partial charge < -0.3 is 9.80 Å². The number of Topliss-reactive ketones (excluding diaryl/α,β-unsaturated/α-hetero) is 1. The molecule has 0 N–H and O–H groups in total. The first-order valence-electron chi connectivity index (χ1n) is 7.80. The lowest BCUT2D eigenvalue weighted by molar-refractivity contribution is 0.102. The van der Waals surface area contributed by atoms with Crippen molar-refractivity contribution in [3.63, 3.8) is 0 Å². The molecule has 2 heterocycles. The number of ketones is 1. The third kappa shape index (κ3) is 4.47. The van der Waals surface area contributed by atoms with E-state index in [0.717, 1.165) is 32.0 Å². The smallest absolute Gasteiger partial charge is 0.189 e. The molecule has 0 bridgehead atoms. The third-order valence-corrected chi connectivity index (χ3v) is 5.06. The third-order valence-electron chi connectivity index (χ3n) is 3.94. The number of carbonyl (C=O) groups excluding carboxylic acids is 1. The van der Waals surface area contributed by atoms with Gasteiger partial charge in [0, 0.05) is 43.0 Å². The van der Waals surface area contributed by atoms with Crippen LogP contribution in [-0.2, 0) is 0 Å². The molecule has 126 valence electrons. The van der Waals surface area contributed by atoms with E-state index in [2.05, 4.69) is 26.8 Å². The fourth-order valence-electron chi connectivity index (χ4n) is 2.46. The summed E-state index contributed by atoms with van der Waals surface area (Å²) in [6.45, 7) is 3.98. The topological polar surface area (TPSA) is 49.3 Å². The Balaban J connectivity index is 1.60. The second-order valence-electron chi connectivity index (χ2n) is 5.71. The largest absolute Gasteiger partial charge is 0.354 e. The second-order valence-corrected chi connectivity index (χ2v) is 7.09. The number of aromatic nitrogens is 2. The Kier molecular flexibility index (Phi) is 5.71. The van der Waals surface area contributed by atoms with Crippen molar-refractivity contribution in [1.29, 1.82) is 0 Å². The first-order chi connectivity index (χ1) is 11.6. The van der Waals surface area contributed by atoms with Crippen LogP contribution < -0.4 is 4.90 Å². The normalized spacial score (nSPS) is 15.5.